The molecule has 0 fully saturated rings. The van der Waals surface area contributed by atoms with Crippen LogP contribution in [-0.4, -0.2) is 50.0 Å². The van der Waals surface area contributed by atoms with E-state index in [9.17, 15) is 5.11 Å². The first-order chi connectivity index (χ1) is 12.9. The van der Waals surface area contributed by atoms with Crippen molar-refractivity contribution in [2.24, 2.45) is 0 Å². The zero-order valence-corrected chi connectivity index (χ0v) is 17.0. The lowest BCUT2D eigenvalue weighted by Crippen LogP contribution is -2.32. The minimum atomic E-state index is -0.569. The molecular weight excluding hydrogens is 342 g/mol. The third-order valence-electron chi connectivity index (χ3n) is 4.26. The van der Waals surface area contributed by atoms with Gasteiger partial charge in [0.2, 0.25) is 0 Å². The van der Waals surface area contributed by atoms with E-state index in [-0.39, 0.29) is 6.61 Å². The fourth-order valence-electron chi connectivity index (χ4n) is 3.02. The lowest BCUT2D eigenvalue weighted by molar-refractivity contribution is 0.0741. The van der Waals surface area contributed by atoms with Crippen molar-refractivity contribution in [1.82, 2.24) is 4.90 Å². The Hall–Kier alpha value is -2.24. The van der Waals surface area contributed by atoms with Crippen LogP contribution in [0.1, 0.15) is 23.6 Å². The average Bonchev–Trinajstić information content (AvgIpc) is 2.62. The van der Waals surface area contributed by atoms with E-state index in [2.05, 4.69) is 17.9 Å². The summed E-state index contributed by atoms with van der Waals surface area (Å²) in [4.78, 5) is 2.06. The second kappa shape index (κ2) is 10.2. The maximum atomic E-state index is 10.3. The van der Waals surface area contributed by atoms with Crippen molar-refractivity contribution >= 4 is 0 Å². The monoisotopic (exact) mass is 373 g/mol. The summed E-state index contributed by atoms with van der Waals surface area (Å²) in [5.74, 6) is 2.29. The van der Waals surface area contributed by atoms with Crippen molar-refractivity contribution in [2.45, 2.75) is 33.4 Å². The summed E-state index contributed by atoms with van der Waals surface area (Å²) >= 11 is 0. The highest BCUT2D eigenvalue weighted by Crippen LogP contribution is 2.28. The molecule has 0 aliphatic heterocycles. The number of aryl methyl sites for hydroxylation is 2. The fourth-order valence-corrected chi connectivity index (χ4v) is 3.02. The largest absolute Gasteiger partial charge is 0.493 e. The van der Waals surface area contributed by atoms with E-state index in [1.807, 2.05) is 51.2 Å². The summed E-state index contributed by atoms with van der Waals surface area (Å²) < 4.78 is 16.7. The molecule has 0 aromatic heterocycles. The fraction of sp³-hybridized carbons (Fsp3) is 0.455. The van der Waals surface area contributed by atoms with Gasteiger partial charge in [0.25, 0.3) is 0 Å². The highest BCUT2D eigenvalue weighted by Gasteiger charge is 2.12. The van der Waals surface area contributed by atoms with E-state index in [1.165, 1.54) is 5.56 Å². The van der Waals surface area contributed by atoms with Gasteiger partial charge in [-0.05, 0) is 57.1 Å². The molecule has 5 nitrogen and oxygen atoms in total. The van der Waals surface area contributed by atoms with Gasteiger partial charge in [0.1, 0.15) is 18.5 Å². The van der Waals surface area contributed by atoms with Crippen LogP contribution in [0.15, 0.2) is 36.4 Å². The van der Waals surface area contributed by atoms with Gasteiger partial charge in [-0.3, -0.25) is 4.90 Å². The highest BCUT2D eigenvalue weighted by atomic mass is 16.5. The van der Waals surface area contributed by atoms with Crippen LogP contribution in [0.4, 0.5) is 0 Å². The summed E-state index contributed by atoms with van der Waals surface area (Å²) in [5.41, 5.74) is 3.38. The molecule has 0 aliphatic rings. The molecule has 0 radical (unpaired) electrons. The number of methoxy groups -OCH3 is 1. The number of benzene rings is 2. The van der Waals surface area contributed by atoms with Crippen LogP contribution < -0.4 is 14.2 Å². The SMILES string of the molecule is CCOc1ccc(CN(C)CC(O)COc2ccc(C)cc2C)cc1OC. The Balaban J connectivity index is 1.86. The smallest absolute Gasteiger partial charge is 0.161 e. The number of hydrogen-bond acceptors (Lipinski definition) is 5. The normalized spacial score (nSPS) is 12.1. The topological polar surface area (TPSA) is 51.2 Å². The van der Waals surface area contributed by atoms with Crippen molar-refractivity contribution in [2.75, 3.05) is 33.9 Å². The van der Waals surface area contributed by atoms with E-state index in [0.717, 1.165) is 28.4 Å². The van der Waals surface area contributed by atoms with Crippen molar-refractivity contribution < 1.29 is 19.3 Å². The molecule has 1 atom stereocenters. The predicted octanol–water partition coefficient (Wildman–Crippen LogP) is 3.58. The third kappa shape index (κ3) is 6.45. The first-order valence-corrected chi connectivity index (χ1v) is 9.29. The first kappa shape index (κ1) is 21.1. The van der Waals surface area contributed by atoms with Crippen LogP contribution in [0.2, 0.25) is 0 Å². The van der Waals surface area contributed by atoms with Gasteiger partial charge in [-0.15, -0.1) is 0 Å². The first-order valence-electron chi connectivity index (χ1n) is 9.29. The van der Waals surface area contributed by atoms with E-state index >= 15 is 0 Å². The number of hydrogen-bond donors (Lipinski definition) is 1. The molecule has 0 amide bonds. The van der Waals surface area contributed by atoms with E-state index in [1.54, 1.807) is 7.11 Å². The van der Waals surface area contributed by atoms with E-state index < -0.39 is 6.10 Å². The summed E-state index contributed by atoms with van der Waals surface area (Å²) in [6, 6.07) is 12.0. The Bertz CT molecular complexity index is 732. The van der Waals surface area contributed by atoms with Crippen molar-refractivity contribution in [3.05, 3.63) is 53.1 Å². The summed E-state index contributed by atoms with van der Waals surface area (Å²) in [6.45, 7) is 8.09. The molecule has 0 spiro atoms. The molecule has 2 aromatic carbocycles. The Kier molecular flexibility index (Phi) is 7.95. The standard InChI is InChI=1S/C22H31NO4/c1-6-26-21-10-8-18(12-22(21)25-5)13-23(4)14-19(24)15-27-20-9-7-16(2)11-17(20)3/h7-12,19,24H,6,13-15H2,1-5H3. The molecule has 148 valence electrons. The highest BCUT2D eigenvalue weighted by molar-refractivity contribution is 5.43. The second-order valence-electron chi connectivity index (χ2n) is 6.85. The summed E-state index contributed by atoms with van der Waals surface area (Å²) in [5, 5.41) is 10.3. The molecule has 0 saturated heterocycles. The molecule has 0 saturated carbocycles. The third-order valence-corrected chi connectivity index (χ3v) is 4.26. The maximum Gasteiger partial charge on any atom is 0.161 e. The summed E-state index contributed by atoms with van der Waals surface area (Å²) in [6.07, 6.45) is -0.569. The Labute approximate surface area is 162 Å². The van der Waals surface area contributed by atoms with Crippen molar-refractivity contribution in [1.29, 1.82) is 0 Å². The molecule has 27 heavy (non-hydrogen) atoms. The molecule has 1 unspecified atom stereocenters. The van der Waals surface area contributed by atoms with Gasteiger partial charge in [-0.2, -0.15) is 0 Å². The maximum absolute atomic E-state index is 10.3. The number of nitrogens with zero attached hydrogens (tertiary/aromatic N) is 1. The minimum absolute atomic E-state index is 0.265. The van der Waals surface area contributed by atoms with Crippen molar-refractivity contribution in [3.8, 4) is 17.2 Å². The van der Waals surface area contributed by atoms with Crippen molar-refractivity contribution in [3.63, 3.8) is 0 Å². The van der Waals surface area contributed by atoms with Gasteiger partial charge in [0.15, 0.2) is 11.5 Å². The van der Waals surface area contributed by atoms with Gasteiger partial charge in [0.05, 0.1) is 13.7 Å². The molecule has 1 N–H and O–H groups in total. The Morgan fingerprint density at radius 2 is 1.74 bits per heavy atom. The molecule has 0 bridgehead atoms. The minimum Gasteiger partial charge on any atom is -0.493 e. The number of ether oxygens (including phenoxy) is 3. The predicted molar refractivity (Wildman–Crippen MR) is 108 cm³/mol. The van der Waals surface area contributed by atoms with E-state index in [0.29, 0.717) is 19.7 Å². The lowest BCUT2D eigenvalue weighted by Gasteiger charge is -2.22. The zero-order chi connectivity index (χ0) is 19.8. The number of likely N-dealkylation sites (N-methyl/N-ethyl adjacent to an activating group) is 1. The number of rotatable bonds is 10. The Morgan fingerprint density at radius 1 is 1.00 bits per heavy atom. The zero-order valence-electron chi connectivity index (χ0n) is 17.0. The molecule has 2 aromatic rings. The molecule has 2 rings (SSSR count). The molecule has 0 aliphatic carbocycles. The molecule has 0 heterocycles. The average molecular weight is 373 g/mol. The van der Waals surface area contributed by atoms with E-state index in [4.69, 9.17) is 14.2 Å². The lowest BCUT2D eigenvalue weighted by atomic mass is 10.1. The van der Waals surface area contributed by atoms with Gasteiger partial charge < -0.3 is 19.3 Å². The van der Waals surface area contributed by atoms with Crippen LogP contribution >= 0.6 is 0 Å². The second-order valence-corrected chi connectivity index (χ2v) is 6.85. The Morgan fingerprint density at radius 3 is 2.41 bits per heavy atom. The number of aliphatic hydroxyl groups is 1. The van der Waals surface area contributed by atoms with Gasteiger partial charge >= 0.3 is 0 Å². The molecular formula is C22H31NO4. The quantitative estimate of drug-likeness (QED) is 0.690. The van der Waals surface area contributed by atoms with Crippen LogP contribution in [0.3, 0.4) is 0 Å². The van der Waals surface area contributed by atoms with Crippen LogP contribution in [0.5, 0.6) is 17.2 Å². The molecule has 5 heteroatoms. The van der Waals surface area contributed by atoms with Crippen LogP contribution in [0, 0.1) is 13.8 Å². The van der Waals surface area contributed by atoms with Gasteiger partial charge in [-0.1, -0.05) is 23.8 Å². The van der Waals surface area contributed by atoms with Gasteiger partial charge in [0, 0.05) is 13.1 Å². The number of aliphatic hydroxyl groups excluding tert-OH is 1. The van der Waals surface area contributed by atoms with Crippen LogP contribution in [-0.2, 0) is 6.54 Å². The van der Waals surface area contributed by atoms with Gasteiger partial charge in [-0.25, -0.2) is 0 Å². The summed E-state index contributed by atoms with van der Waals surface area (Å²) in [7, 11) is 3.61. The van der Waals surface area contributed by atoms with Crippen LogP contribution in [0.25, 0.3) is 0 Å².